The highest BCUT2D eigenvalue weighted by Crippen LogP contribution is 2.27. The van der Waals surface area contributed by atoms with Crippen LogP contribution in [0.5, 0.6) is 0 Å². The van der Waals surface area contributed by atoms with E-state index in [1.165, 1.54) is 0 Å². The Kier molecular flexibility index (Phi) is 3.05. The second-order valence-corrected chi connectivity index (χ2v) is 4.86. The molecule has 1 aromatic heterocycles. The monoisotopic (exact) mass is 268 g/mol. The minimum absolute atomic E-state index is 0.00313. The van der Waals surface area contributed by atoms with Gasteiger partial charge >= 0.3 is 0 Å². The van der Waals surface area contributed by atoms with Crippen LogP contribution in [0, 0.1) is 0 Å². The summed E-state index contributed by atoms with van der Waals surface area (Å²) in [6.45, 7) is 2.87. The first-order chi connectivity index (χ1) is 7.20. The van der Waals surface area contributed by atoms with Gasteiger partial charge in [0.1, 0.15) is 0 Å². The lowest BCUT2D eigenvalue weighted by atomic mass is 10.1. The zero-order chi connectivity index (χ0) is 10.8. The van der Waals surface area contributed by atoms with Gasteiger partial charge in [-0.05, 0) is 25.0 Å². The molecule has 15 heavy (non-hydrogen) atoms. The summed E-state index contributed by atoms with van der Waals surface area (Å²) in [6.07, 6.45) is 4.46. The van der Waals surface area contributed by atoms with Crippen molar-refractivity contribution < 1.29 is 4.79 Å². The van der Waals surface area contributed by atoms with E-state index in [0.717, 1.165) is 18.5 Å². The second kappa shape index (κ2) is 4.31. The number of alkyl halides is 1. The van der Waals surface area contributed by atoms with E-state index >= 15 is 0 Å². The summed E-state index contributed by atoms with van der Waals surface area (Å²) in [5, 5.41) is 0. The molecule has 4 heteroatoms. The average molecular weight is 269 g/mol. The Labute approximate surface area is 97.6 Å². The smallest absolute Gasteiger partial charge is 0.236 e. The van der Waals surface area contributed by atoms with Crippen molar-refractivity contribution >= 4 is 21.8 Å². The number of likely N-dealkylation sites (tertiary alicyclic amines) is 1. The molecule has 0 saturated carbocycles. The number of aromatic nitrogens is 1. The standard InChI is InChI=1S/C11H13BrN2O/c1-8(9-3-2-5-13-7-9)14-6-4-10(12)11(14)15/h2-3,5,7-8,10H,4,6H2,1H3. The maximum Gasteiger partial charge on any atom is 0.236 e. The lowest BCUT2D eigenvalue weighted by Crippen LogP contribution is -2.30. The van der Waals surface area contributed by atoms with Crippen molar-refractivity contribution in [3.8, 4) is 0 Å². The van der Waals surface area contributed by atoms with E-state index in [4.69, 9.17) is 0 Å². The molecular weight excluding hydrogens is 256 g/mol. The number of halogens is 1. The molecule has 0 bridgehead atoms. The Hall–Kier alpha value is -0.900. The van der Waals surface area contributed by atoms with Gasteiger partial charge in [0.05, 0.1) is 10.9 Å². The summed E-state index contributed by atoms with van der Waals surface area (Å²) in [6, 6.07) is 4.03. The van der Waals surface area contributed by atoms with Crippen molar-refractivity contribution in [3.05, 3.63) is 30.1 Å². The third-order valence-corrected chi connectivity index (χ3v) is 3.66. The van der Waals surface area contributed by atoms with Gasteiger partial charge in [0.15, 0.2) is 0 Å². The van der Waals surface area contributed by atoms with Gasteiger partial charge in [-0.15, -0.1) is 0 Å². The first kappa shape index (κ1) is 10.6. The van der Waals surface area contributed by atoms with Gasteiger partial charge in [0, 0.05) is 18.9 Å². The molecule has 80 valence electrons. The van der Waals surface area contributed by atoms with E-state index in [1.807, 2.05) is 30.2 Å². The summed E-state index contributed by atoms with van der Waals surface area (Å²) in [7, 11) is 0. The van der Waals surface area contributed by atoms with Crippen molar-refractivity contribution in [2.75, 3.05) is 6.54 Å². The van der Waals surface area contributed by atoms with Crippen LogP contribution in [0.4, 0.5) is 0 Å². The van der Waals surface area contributed by atoms with E-state index in [0.29, 0.717) is 0 Å². The van der Waals surface area contributed by atoms with Crippen LogP contribution in [-0.2, 0) is 4.79 Å². The number of carbonyl (C=O) groups excluding carboxylic acids is 1. The molecule has 1 saturated heterocycles. The van der Waals surface area contributed by atoms with Crippen molar-refractivity contribution in [2.24, 2.45) is 0 Å². The minimum Gasteiger partial charge on any atom is -0.335 e. The molecule has 1 aliphatic rings. The highest BCUT2D eigenvalue weighted by molar-refractivity contribution is 9.10. The largest absolute Gasteiger partial charge is 0.335 e. The topological polar surface area (TPSA) is 33.2 Å². The molecule has 3 nitrogen and oxygen atoms in total. The molecule has 1 fully saturated rings. The van der Waals surface area contributed by atoms with Crippen molar-refractivity contribution in [2.45, 2.75) is 24.2 Å². The van der Waals surface area contributed by atoms with Crippen molar-refractivity contribution in [1.29, 1.82) is 0 Å². The van der Waals surface area contributed by atoms with Crippen LogP contribution in [0.15, 0.2) is 24.5 Å². The number of amides is 1. The fourth-order valence-electron chi connectivity index (χ4n) is 1.85. The Balaban J connectivity index is 2.16. The van der Waals surface area contributed by atoms with E-state index < -0.39 is 0 Å². The summed E-state index contributed by atoms with van der Waals surface area (Å²) in [5.41, 5.74) is 1.09. The van der Waals surface area contributed by atoms with Gasteiger partial charge in [-0.2, -0.15) is 0 Å². The molecule has 0 spiro atoms. The van der Waals surface area contributed by atoms with Crippen LogP contribution in [0.25, 0.3) is 0 Å². The van der Waals surface area contributed by atoms with Crippen LogP contribution >= 0.6 is 15.9 Å². The van der Waals surface area contributed by atoms with E-state index in [1.54, 1.807) is 6.20 Å². The van der Waals surface area contributed by atoms with Crippen LogP contribution < -0.4 is 0 Å². The molecule has 2 rings (SSSR count). The molecule has 0 radical (unpaired) electrons. The number of hydrogen-bond acceptors (Lipinski definition) is 2. The van der Waals surface area contributed by atoms with Crippen LogP contribution in [-0.4, -0.2) is 27.2 Å². The molecule has 0 N–H and O–H groups in total. The minimum atomic E-state index is -0.00313. The average Bonchev–Trinajstić information content (AvgIpc) is 2.60. The highest BCUT2D eigenvalue weighted by atomic mass is 79.9. The molecule has 2 unspecified atom stereocenters. The lowest BCUT2D eigenvalue weighted by Gasteiger charge is -2.24. The van der Waals surface area contributed by atoms with E-state index in [9.17, 15) is 4.79 Å². The zero-order valence-corrected chi connectivity index (χ0v) is 10.1. The first-order valence-electron chi connectivity index (χ1n) is 5.04. The number of pyridine rings is 1. The Morgan fingerprint density at radius 2 is 2.47 bits per heavy atom. The summed E-state index contributed by atoms with van der Waals surface area (Å²) < 4.78 is 0. The molecular formula is C11H13BrN2O. The number of rotatable bonds is 2. The molecule has 1 amide bonds. The fourth-order valence-corrected chi connectivity index (χ4v) is 2.32. The van der Waals surface area contributed by atoms with Gasteiger partial charge < -0.3 is 4.90 Å². The molecule has 0 aromatic carbocycles. The van der Waals surface area contributed by atoms with Crippen molar-refractivity contribution in [3.63, 3.8) is 0 Å². The second-order valence-electron chi connectivity index (χ2n) is 3.75. The molecule has 1 aliphatic heterocycles. The number of hydrogen-bond donors (Lipinski definition) is 0. The van der Waals surface area contributed by atoms with Gasteiger partial charge in [0.2, 0.25) is 5.91 Å². The van der Waals surface area contributed by atoms with Gasteiger partial charge in [-0.25, -0.2) is 0 Å². The molecule has 0 aliphatic carbocycles. The predicted molar refractivity (Wildman–Crippen MR) is 61.7 cm³/mol. The SMILES string of the molecule is CC(c1cccnc1)N1CCC(Br)C1=O. The van der Waals surface area contributed by atoms with E-state index in [2.05, 4.69) is 20.9 Å². The quantitative estimate of drug-likeness (QED) is 0.771. The van der Waals surface area contributed by atoms with Gasteiger partial charge in [-0.1, -0.05) is 22.0 Å². The Bertz CT molecular complexity index is 355. The number of nitrogens with zero attached hydrogens (tertiary/aromatic N) is 2. The Morgan fingerprint density at radius 1 is 1.67 bits per heavy atom. The zero-order valence-electron chi connectivity index (χ0n) is 8.56. The summed E-state index contributed by atoms with van der Waals surface area (Å²) >= 11 is 3.38. The molecule has 2 heterocycles. The number of carbonyl (C=O) groups is 1. The van der Waals surface area contributed by atoms with Crippen LogP contribution in [0.1, 0.15) is 24.9 Å². The van der Waals surface area contributed by atoms with Crippen LogP contribution in [0.3, 0.4) is 0 Å². The third kappa shape index (κ3) is 2.04. The first-order valence-corrected chi connectivity index (χ1v) is 5.96. The highest BCUT2D eigenvalue weighted by Gasteiger charge is 2.32. The van der Waals surface area contributed by atoms with Gasteiger partial charge in [-0.3, -0.25) is 9.78 Å². The van der Waals surface area contributed by atoms with Crippen molar-refractivity contribution in [1.82, 2.24) is 9.88 Å². The maximum absolute atomic E-state index is 11.8. The fraction of sp³-hybridized carbons (Fsp3) is 0.455. The third-order valence-electron chi connectivity index (χ3n) is 2.81. The summed E-state index contributed by atoms with van der Waals surface area (Å²) in [5.74, 6) is 0.186. The summed E-state index contributed by atoms with van der Waals surface area (Å²) in [4.78, 5) is 17.7. The maximum atomic E-state index is 11.8. The van der Waals surface area contributed by atoms with E-state index in [-0.39, 0.29) is 16.8 Å². The molecule has 1 aromatic rings. The predicted octanol–water partition coefficient (Wildman–Crippen LogP) is 2.14. The molecule has 2 atom stereocenters. The normalized spacial score (nSPS) is 23.2. The lowest BCUT2D eigenvalue weighted by molar-refractivity contribution is -0.128. The Morgan fingerprint density at radius 3 is 3.00 bits per heavy atom. The van der Waals surface area contributed by atoms with Gasteiger partial charge in [0.25, 0.3) is 0 Å². The van der Waals surface area contributed by atoms with Crippen LogP contribution in [0.2, 0.25) is 0 Å².